The van der Waals surface area contributed by atoms with E-state index in [-0.39, 0.29) is 11.7 Å². The van der Waals surface area contributed by atoms with Crippen LogP contribution in [0.2, 0.25) is 0 Å². The van der Waals surface area contributed by atoms with Gasteiger partial charge in [0.15, 0.2) is 11.4 Å². The summed E-state index contributed by atoms with van der Waals surface area (Å²) in [5, 5.41) is 5.62. The predicted octanol–water partition coefficient (Wildman–Crippen LogP) is 4.16. The summed E-state index contributed by atoms with van der Waals surface area (Å²) in [6.45, 7) is 6.67. The minimum atomic E-state index is -0.294. The van der Waals surface area contributed by atoms with Crippen molar-refractivity contribution >= 4 is 22.8 Å². The van der Waals surface area contributed by atoms with Crippen LogP contribution in [0.1, 0.15) is 41.8 Å². The Labute approximate surface area is 197 Å². The largest absolute Gasteiger partial charge is 0.459 e. The van der Waals surface area contributed by atoms with Crippen LogP contribution in [0, 0.1) is 12.7 Å². The minimum absolute atomic E-state index is 0.0910. The molecule has 9 heteroatoms. The number of halogens is 1. The number of rotatable bonds is 5. The molecule has 5 rings (SSSR count). The smallest absolute Gasteiger partial charge is 0.289 e. The van der Waals surface area contributed by atoms with E-state index in [2.05, 4.69) is 11.8 Å². The number of hydrogen-bond donors (Lipinski definition) is 0. The summed E-state index contributed by atoms with van der Waals surface area (Å²) in [6.07, 6.45) is 3.99. The van der Waals surface area contributed by atoms with E-state index >= 15 is 0 Å². The SMILES string of the molecule is CCCc1nc(N2CCCN(C(=O)c3ccco3)CC2)c2c(C)nn(-c3ccc(F)cc3)c2n1. The molecule has 3 aromatic heterocycles. The molecule has 0 aliphatic carbocycles. The lowest BCUT2D eigenvalue weighted by atomic mass is 10.2. The predicted molar refractivity (Wildman–Crippen MR) is 127 cm³/mol. The third-order valence-corrected chi connectivity index (χ3v) is 6.09. The van der Waals surface area contributed by atoms with Crippen LogP contribution < -0.4 is 4.90 Å². The topological polar surface area (TPSA) is 80.3 Å². The quantitative estimate of drug-likeness (QED) is 0.443. The summed E-state index contributed by atoms with van der Waals surface area (Å²) in [7, 11) is 0. The number of amides is 1. The molecule has 1 amide bonds. The standard InChI is InChI=1S/C25H27FN6O2/c1-3-6-21-27-23(30-12-5-13-31(15-14-30)25(33)20-7-4-16-34-20)22-17(2)29-32(24(22)28-21)19-10-8-18(26)9-11-19/h4,7-11,16H,3,5-6,12-15H2,1-2H3. The van der Waals surface area contributed by atoms with Crippen LogP contribution in [0.4, 0.5) is 10.2 Å². The summed E-state index contributed by atoms with van der Waals surface area (Å²) >= 11 is 0. The Morgan fingerprint density at radius 2 is 1.91 bits per heavy atom. The molecule has 4 heterocycles. The van der Waals surface area contributed by atoms with E-state index in [4.69, 9.17) is 19.5 Å². The van der Waals surface area contributed by atoms with Crippen molar-refractivity contribution in [3.63, 3.8) is 0 Å². The first-order chi connectivity index (χ1) is 16.5. The molecular weight excluding hydrogens is 435 g/mol. The minimum Gasteiger partial charge on any atom is -0.459 e. The van der Waals surface area contributed by atoms with Gasteiger partial charge in [-0.15, -0.1) is 0 Å². The van der Waals surface area contributed by atoms with Crippen molar-refractivity contribution in [3.05, 3.63) is 65.8 Å². The molecule has 34 heavy (non-hydrogen) atoms. The van der Waals surface area contributed by atoms with Gasteiger partial charge >= 0.3 is 0 Å². The highest BCUT2D eigenvalue weighted by atomic mass is 19.1. The van der Waals surface area contributed by atoms with Gasteiger partial charge in [-0.05, 0) is 56.2 Å². The number of furan rings is 1. The van der Waals surface area contributed by atoms with Crippen molar-refractivity contribution < 1.29 is 13.6 Å². The molecule has 176 valence electrons. The van der Waals surface area contributed by atoms with Crippen LogP contribution in [-0.4, -0.2) is 56.7 Å². The first kappa shape index (κ1) is 22.1. The first-order valence-corrected chi connectivity index (χ1v) is 11.6. The monoisotopic (exact) mass is 462 g/mol. The Bertz CT molecular complexity index is 1300. The van der Waals surface area contributed by atoms with Crippen LogP contribution in [0.5, 0.6) is 0 Å². The normalized spacial score (nSPS) is 14.6. The lowest BCUT2D eigenvalue weighted by Crippen LogP contribution is -2.35. The fourth-order valence-electron chi connectivity index (χ4n) is 4.42. The van der Waals surface area contributed by atoms with E-state index in [0.717, 1.165) is 54.2 Å². The maximum atomic E-state index is 13.5. The number of aryl methyl sites for hydroxylation is 2. The molecular formula is C25H27FN6O2. The van der Waals surface area contributed by atoms with Gasteiger partial charge in [0.25, 0.3) is 5.91 Å². The third kappa shape index (κ3) is 4.13. The number of carbonyl (C=O) groups excluding carboxylic acids is 1. The zero-order valence-electron chi connectivity index (χ0n) is 19.4. The van der Waals surface area contributed by atoms with Gasteiger partial charge in [0.1, 0.15) is 17.5 Å². The lowest BCUT2D eigenvalue weighted by Gasteiger charge is -2.23. The number of nitrogens with zero attached hydrogens (tertiary/aromatic N) is 6. The fraction of sp³-hybridized carbons (Fsp3) is 0.360. The van der Waals surface area contributed by atoms with Gasteiger partial charge in [-0.2, -0.15) is 5.10 Å². The Morgan fingerprint density at radius 3 is 2.65 bits per heavy atom. The van der Waals surface area contributed by atoms with Gasteiger partial charge < -0.3 is 14.2 Å². The second-order valence-corrected chi connectivity index (χ2v) is 8.50. The Kier molecular flexibility index (Phi) is 6.00. The number of carbonyl (C=O) groups is 1. The van der Waals surface area contributed by atoms with Gasteiger partial charge in [0, 0.05) is 32.6 Å². The average Bonchev–Trinajstić information content (AvgIpc) is 3.41. The van der Waals surface area contributed by atoms with E-state index in [0.29, 0.717) is 31.0 Å². The third-order valence-electron chi connectivity index (χ3n) is 6.09. The van der Waals surface area contributed by atoms with Crippen LogP contribution in [0.15, 0.2) is 47.1 Å². The van der Waals surface area contributed by atoms with Crippen molar-refractivity contribution in [1.82, 2.24) is 24.6 Å². The second-order valence-electron chi connectivity index (χ2n) is 8.50. The van der Waals surface area contributed by atoms with Gasteiger partial charge in [-0.25, -0.2) is 19.0 Å². The fourth-order valence-corrected chi connectivity index (χ4v) is 4.42. The van der Waals surface area contributed by atoms with Gasteiger partial charge in [0.05, 0.1) is 23.0 Å². The molecule has 1 aromatic carbocycles. The Morgan fingerprint density at radius 1 is 1.09 bits per heavy atom. The van der Waals surface area contributed by atoms with Crippen LogP contribution in [-0.2, 0) is 6.42 Å². The van der Waals surface area contributed by atoms with Gasteiger partial charge in [-0.3, -0.25) is 4.79 Å². The number of benzene rings is 1. The van der Waals surface area contributed by atoms with Crippen LogP contribution in [0.25, 0.3) is 16.7 Å². The van der Waals surface area contributed by atoms with E-state index in [1.807, 2.05) is 11.8 Å². The lowest BCUT2D eigenvalue weighted by molar-refractivity contribution is 0.0735. The molecule has 1 aliphatic heterocycles. The van der Waals surface area contributed by atoms with Crippen LogP contribution >= 0.6 is 0 Å². The zero-order valence-corrected chi connectivity index (χ0v) is 19.4. The summed E-state index contributed by atoms with van der Waals surface area (Å²) < 4.78 is 20.6. The van der Waals surface area contributed by atoms with Crippen molar-refractivity contribution in [1.29, 1.82) is 0 Å². The van der Waals surface area contributed by atoms with E-state index < -0.39 is 0 Å². The number of hydrogen-bond acceptors (Lipinski definition) is 6. The highest BCUT2D eigenvalue weighted by molar-refractivity contribution is 5.92. The molecule has 0 bridgehead atoms. The average molecular weight is 463 g/mol. The molecule has 0 spiro atoms. The molecule has 1 aliphatic rings. The first-order valence-electron chi connectivity index (χ1n) is 11.6. The zero-order chi connectivity index (χ0) is 23.7. The molecule has 0 atom stereocenters. The van der Waals surface area contributed by atoms with E-state index in [9.17, 15) is 9.18 Å². The molecule has 4 aromatic rings. The summed E-state index contributed by atoms with van der Waals surface area (Å²) in [5.41, 5.74) is 2.27. The Balaban J connectivity index is 1.52. The molecule has 0 unspecified atom stereocenters. The second kappa shape index (κ2) is 9.24. The number of aromatic nitrogens is 4. The van der Waals surface area contributed by atoms with E-state index in [1.165, 1.54) is 18.4 Å². The van der Waals surface area contributed by atoms with Crippen LogP contribution in [0.3, 0.4) is 0 Å². The maximum absolute atomic E-state index is 13.5. The molecule has 1 saturated heterocycles. The number of anilines is 1. The molecule has 1 fully saturated rings. The number of fused-ring (bicyclic) bond motifs is 1. The Hall–Kier alpha value is -3.75. The molecule has 0 N–H and O–H groups in total. The summed E-state index contributed by atoms with van der Waals surface area (Å²) in [5.74, 6) is 1.57. The van der Waals surface area contributed by atoms with E-state index in [1.54, 1.807) is 28.9 Å². The van der Waals surface area contributed by atoms with Gasteiger partial charge in [-0.1, -0.05) is 6.92 Å². The van der Waals surface area contributed by atoms with Crippen molar-refractivity contribution in [2.45, 2.75) is 33.1 Å². The molecule has 8 nitrogen and oxygen atoms in total. The highest BCUT2D eigenvalue weighted by Gasteiger charge is 2.26. The molecule has 0 saturated carbocycles. The molecule has 0 radical (unpaired) electrons. The van der Waals surface area contributed by atoms with Crippen molar-refractivity contribution in [2.24, 2.45) is 0 Å². The van der Waals surface area contributed by atoms with Crippen molar-refractivity contribution in [3.8, 4) is 5.69 Å². The highest BCUT2D eigenvalue weighted by Crippen LogP contribution is 2.30. The maximum Gasteiger partial charge on any atom is 0.289 e. The summed E-state index contributed by atoms with van der Waals surface area (Å²) in [4.78, 5) is 26.6. The van der Waals surface area contributed by atoms with Crippen molar-refractivity contribution in [2.75, 3.05) is 31.1 Å². The summed E-state index contributed by atoms with van der Waals surface area (Å²) in [6, 6.07) is 9.67. The van der Waals surface area contributed by atoms with Gasteiger partial charge in [0.2, 0.25) is 0 Å².